The van der Waals surface area contributed by atoms with Crippen LogP contribution in [0.4, 0.5) is 0 Å². The van der Waals surface area contributed by atoms with Crippen LogP contribution in [0, 0.1) is 12.1 Å². The third kappa shape index (κ3) is 5.39. The fourth-order valence-corrected chi connectivity index (χ4v) is 6.40. The van der Waals surface area contributed by atoms with Crippen LogP contribution in [-0.2, 0) is 31.9 Å². The zero-order chi connectivity index (χ0) is 31.8. The minimum absolute atomic E-state index is 0. The van der Waals surface area contributed by atoms with Gasteiger partial charge in [-0.1, -0.05) is 106 Å². The number of benzene rings is 5. The van der Waals surface area contributed by atoms with Crippen LogP contribution in [0.2, 0.25) is 0 Å². The summed E-state index contributed by atoms with van der Waals surface area (Å²) in [6.45, 7) is 13.3. The van der Waals surface area contributed by atoms with Crippen LogP contribution in [-0.4, -0.2) is 14.5 Å². The number of hydrogen-bond acceptors (Lipinski definition) is 3. The smallest absolute Gasteiger partial charge is 0.503 e. The molecule has 8 aromatic rings. The van der Waals surface area contributed by atoms with E-state index in [1.165, 1.54) is 11.1 Å². The van der Waals surface area contributed by atoms with Crippen LogP contribution < -0.4 is 4.74 Å². The van der Waals surface area contributed by atoms with E-state index in [9.17, 15) is 0 Å². The predicted molar refractivity (Wildman–Crippen MR) is 190 cm³/mol. The number of rotatable bonds is 3. The van der Waals surface area contributed by atoms with Crippen LogP contribution in [0.5, 0.6) is 11.5 Å². The minimum atomic E-state index is 0. The van der Waals surface area contributed by atoms with Crippen LogP contribution >= 0.6 is 0 Å². The van der Waals surface area contributed by atoms with Crippen molar-refractivity contribution < 1.29 is 25.8 Å². The van der Waals surface area contributed by atoms with Crippen LogP contribution in [0.1, 0.15) is 52.7 Å². The van der Waals surface area contributed by atoms with Gasteiger partial charge in [0.05, 0.1) is 0 Å². The average molecular weight is 793 g/mol. The maximum absolute atomic E-state index is 6.52. The first kappa shape index (κ1) is 31.1. The minimum Gasteiger partial charge on any atom is -0.503 e. The Kier molecular flexibility index (Phi) is 7.48. The van der Waals surface area contributed by atoms with E-state index in [1.54, 1.807) is 0 Å². The van der Waals surface area contributed by atoms with Gasteiger partial charge in [-0.2, -0.15) is 6.07 Å². The van der Waals surface area contributed by atoms with Gasteiger partial charge in [-0.3, -0.25) is 4.98 Å². The van der Waals surface area contributed by atoms with E-state index in [1.807, 2.05) is 24.5 Å². The van der Waals surface area contributed by atoms with E-state index < -0.39 is 0 Å². The van der Waals surface area contributed by atoms with Gasteiger partial charge < -0.3 is 9.30 Å². The second-order valence-electron chi connectivity index (χ2n) is 14.3. The molecular weight excluding hydrogens is 758 g/mol. The molecule has 0 spiro atoms. The van der Waals surface area contributed by atoms with Gasteiger partial charge in [-0.15, -0.1) is 40.4 Å². The van der Waals surface area contributed by atoms with Gasteiger partial charge in [-0.25, -0.2) is 4.98 Å². The largest absolute Gasteiger partial charge is 2.00 e. The summed E-state index contributed by atoms with van der Waals surface area (Å²) in [5.41, 5.74) is 5.46. The summed E-state index contributed by atoms with van der Waals surface area (Å²) in [4.78, 5) is 9.78. The topological polar surface area (TPSA) is 39.9 Å². The molecule has 47 heavy (non-hydrogen) atoms. The van der Waals surface area contributed by atoms with E-state index in [0.717, 1.165) is 60.1 Å². The second-order valence-corrected chi connectivity index (χ2v) is 14.3. The van der Waals surface area contributed by atoms with Gasteiger partial charge >= 0.3 is 21.1 Å². The van der Waals surface area contributed by atoms with Crippen molar-refractivity contribution >= 4 is 54.3 Å². The molecule has 0 aliphatic heterocycles. The Hall–Kier alpha value is -4.53. The molecule has 0 bridgehead atoms. The number of hydrogen-bond donors (Lipinski definition) is 0. The molecule has 3 aromatic heterocycles. The Morgan fingerprint density at radius 2 is 1.32 bits per heavy atom. The number of para-hydroxylation sites is 1. The Bertz CT molecular complexity index is 2480. The molecule has 5 heteroatoms. The Morgan fingerprint density at radius 3 is 2.11 bits per heavy atom. The maximum Gasteiger partial charge on any atom is 2.00 e. The van der Waals surface area contributed by atoms with Crippen molar-refractivity contribution in [1.29, 1.82) is 0 Å². The molecule has 0 amide bonds. The number of pyridine rings is 2. The number of aromatic nitrogens is 3. The molecule has 0 atom stereocenters. The van der Waals surface area contributed by atoms with E-state index in [-0.39, 0.29) is 31.9 Å². The molecular formula is C42H35N3OPt. The normalized spacial score (nSPS) is 12.3. The second kappa shape index (κ2) is 11.3. The van der Waals surface area contributed by atoms with Crippen molar-refractivity contribution in [2.75, 3.05) is 0 Å². The number of nitrogens with zero attached hydrogens (tertiary/aromatic N) is 3. The summed E-state index contributed by atoms with van der Waals surface area (Å²) in [5, 5.41) is 7.70. The molecule has 0 saturated carbocycles. The van der Waals surface area contributed by atoms with Gasteiger partial charge in [-0.05, 0) is 57.0 Å². The summed E-state index contributed by atoms with van der Waals surface area (Å²) in [7, 11) is 0. The molecule has 234 valence electrons. The van der Waals surface area contributed by atoms with E-state index in [2.05, 4.69) is 137 Å². The van der Waals surface area contributed by atoms with Crippen molar-refractivity contribution in [2.45, 2.75) is 52.4 Å². The summed E-state index contributed by atoms with van der Waals surface area (Å²) < 4.78 is 8.71. The molecule has 0 aliphatic rings. The molecule has 4 nitrogen and oxygen atoms in total. The zero-order valence-corrected chi connectivity index (χ0v) is 29.7. The predicted octanol–water partition coefficient (Wildman–Crippen LogP) is 11.0. The fourth-order valence-electron chi connectivity index (χ4n) is 6.40. The monoisotopic (exact) mass is 792 g/mol. The molecule has 0 radical (unpaired) electrons. The van der Waals surface area contributed by atoms with Crippen molar-refractivity contribution in [1.82, 2.24) is 14.5 Å². The van der Waals surface area contributed by atoms with Crippen molar-refractivity contribution in [3.8, 4) is 17.3 Å². The van der Waals surface area contributed by atoms with Crippen LogP contribution in [0.15, 0.2) is 103 Å². The van der Waals surface area contributed by atoms with Crippen molar-refractivity contribution in [3.05, 3.63) is 127 Å². The van der Waals surface area contributed by atoms with Gasteiger partial charge in [0.1, 0.15) is 5.82 Å². The van der Waals surface area contributed by atoms with E-state index in [0.29, 0.717) is 11.5 Å². The van der Waals surface area contributed by atoms with E-state index in [4.69, 9.17) is 14.7 Å². The molecule has 0 aliphatic carbocycles. The maximum atomic E-state index is 6.52. The van der Waals surface area contributed by atoms with Gasteiger partial charge in [0.2, 0.25) is 0 Å². The number of fused-ring (bicyclic) bond motifs is 8. The van der Waals surface area contributed by atoms with E-state index >= 15 is 0 Å². The van der Waals surface area contributed by atoms with Gasteiger partial charge in [0, 0.05) is 34.9 Å². The summed E-state index contributed by atoms with van der Waals surface area (Å²) >= 11 is 0. The molecule has 0 fully saturated rings. The quantitative estimate of drug-likeness (QED) is 0.132. The average Bonchev–Trinajstić information content (AvgIpc) is 3.37. The Balaban J connectivity index is 0.00000351. The van der Waals surface area contributed by atoms with Crippen molar-refractivity contribution in [2.24, 2.45) is 0 Å². The van der Waals surface area contributed by atoms with Crippen LogP contribution in [0.25, 0.3) is 60.1 Å². The molecule has 0 N–H and O–H groups in total. The SMILES string of the molecule is CC(C)(C)c1ccnc(-n2c3[c-]c(Oc4[c-]c5c(cc4)ccc4ccc6cc(C(C)(C)C)cnc6c45)ccc3c3ccccc32)c1.[Pt+2]. The van der Waals surface area contributed by atoms with Crippen LogP contribution in [0.3, 0.4) is 0 Å². The third-order valence-electron chi connectivity index (χ3n) is 9.01. The standard InChI is InChI=1S/C42H35N3O.Pt/c1-41(2,3)29-19-20-43-38(22-29)45-36-10-8-7-9-33(36)34-18-17-32(24-37(34)45)46-31-16-15-26-11-12-27-13-14-28-21-30(42(4,5)6)25-44-40(28)39(27)35(26)23-31;/h7-22,25H,1-6H3;/q-2;+2. The zero-order valence-electron chi connectivity index (χ0n) is 27.4. The number of ether oxygens (including phenoxy) is 1. The first-order valence-corrected chi connectivity index (χ1v) is 15.8. The van der Waals surface area contributed by atoms with Gasteiger partial charge in [0.15, 0.2) is 0 Å². The molecule has 5 aromatic carbocycles. The fraction of sp³-hybridized carbons (Fsp3) is 0.190. The summed E-state index contributed by atoms with van der Waals surface area (Å²) in [5.74, 6) is 2.12. The van der Waals surface area contributed by atoms with Crippen molar-refractivity contribution in [3.63, 3.8) is 0 Å². The molecule has 8 rings (SSSR count). The Morgan fingerprint density at radius 1 is 0.638 bits per heavy atom. The summed E-state index contributed by atoms with van der Waals surface area (Å²) in [6.07, 6.45) is 3.91. The molecule has 3 heterocycles. The third-order valence-corrected chi connectivity index (χ3v) is 9.01. The van der Waals surface area contributed by atoms with Gasteiger partial charge in [0.25, 0.3) is 0 Å². The Labute approximate surface area is 289 Å². The molecule has 0 unspecified atom stereocenters. The summed E-state index contributed by atoms with van der Waals surface area (Å²) in [6, 6.07) is 39.0. The first-order chi connectivity index (χ1) is 22.0. The first-order valence-electron chi connectivity index (χ1n) is 15.8. The molecule has 0 saturated heterocycles.